The summed E-state index contributed by atoms with van der Waals surface area (Å²) in [5, 5.41) is -16.2. The van der Waals surface area contributed by atoms with Gasteiger partial charge in [-0.3, -0.25) is 47.9 Å². The Hall–Kier alpha value is -2.12. The maximum Gasteiger partial charge on any atom is 0.254 e. The normalized spacial score (nSPS) is 10.5. The van der Waals surface area contributed by atoms with Gasteiger partial charge in [-0.15, -0.1) is 0 Å². The Morgan fingerprint density at radius 3 is 0.603 bits per heavy atom. The Morgan fingerprint density at radius 1 is 0.259 bits per heavy atom. The number of rotatable bonds is 16. The summed E-state index contributed by atoms with van der Waals surface area (Å²) >= 11 is 55.9. The van der Waals surface area contributed by atoms with E-state index in [1.165, 1.54) is 9.79 Å². The van der Waals surface area contributed by atoms with E-state index >= 15 is 0 Å². The molecule has 0 aromatic heterocycles. The van der Waals surface area contributed by atoms with Crippen LogP contribution < -0.4 is 0 Å². The molecule has 0 amide bonds. The van der Waals surface area contributed by atoms with Gasteiger partial charge in [0.15, 0.2) is 0 Å². The van der Waals surface area contributed by atoms with Gasteiger partial charge in [-0.1, -0.05) is 79.6 Å². The predicted molar refractivity (Wildman–Crippen MR) is 231 cm³/mol. The third-order valence-electron chi connectivity index (χ3n) is 6.80. The Labute approximate surface area is 391 Å². The molecule has 0 saturated heterocycles. The largest absolute Gasteiger partial charge is 0.276 e. The quantitative estimate of drug-likeness (QED) is 0.0767. The number of benzene rings is 4. The molecule has 10 nitrogen and oxygen atoms in total. The van der Waals surface area contributed by atoms with Gasteiger partial charge in [0.2, 0.25) is 0 Å². The van der Waals surface area contributed by atoms with Crippen LogP contribution in [0.5, 0.6) is 0 Å². The lowest BCUT2D eigenvalue weighted by Crippen LogP contribution is -2.20. The lowest BCUT2D eigenvalue weighted by Gasteiger charge is -2.21. The Morgan fingerprint density at radius 2 is 0.431 bits per heavy atom. The molecular weight excluding hydrogens is 1050 g/mol. The van der Waals surface area contributed by atoms with Crippen molar-refractivity contribution in [2.75, 3.05) is 0 Å². The van der Waals surface area contributed by atoms with Crippen LogP contribution in [-0.2, 0) is 0 Å². The molecule has 0 bridgehead atoms. The van der Waals surface area contributed by atoms with Crippen LogP contribution in [0.15, 0.2) is 80.2 Å². The lowest BCUT2D eigenvalue weighted by molar-refractivity contribution is 0.102. The maximum absolute atomic E-state index is 12.6. The SMILES string of the molecule is O=C(Cl)c1c(SSc2c(C(=O)Cl)c(C(=O)Cl)c(C(=O)Cl)c(C(=O)Cl)c2C(=O)Cl)c(C(=O)Cl)c(C(=O)Cl)c(C(=O)Cl)c1C(=O)Cl.c1ccc(SSc2ccccc2)cc1. The summed E-state index contributed by atoms with van der Waals surface area (Å²) in [6, 6.07) is 20.8. The highest BCUT2D eigenvalue weighted by Gasteiger charge is 2.39. The summed E-state index contributed by atoms with van der Waals surface area (Å²) < 4.78 is 0. The molecule has 0 heterocycles. The van der Waals surface area contributed by atoms with Gasteiger partial charge in [-0.05, 0) is 140 Å². The van der Waals surface area contributed by atoms with E-state index in [2.05, 4.69) is 48.5 Å². The van der Waals surface area contributed by atoms with Crippen molar-refractivity contribution in [2.45, 2.75) is 19.6 Å². The Kier molecular flexibility index (Phi) is 19.6. The van der Waals surface area contributed by atoms with Crippen LogP contribution >= 0.6 is 159 Å². The van der Waals surface area contributed by atoms with Crippen molar-refractivity contribution in [2.24, 2.45) is 0 Å². The number of carbonyl (C=O) groups excluding carboxylic acids is 10. The standard InChI is InChI=1S/C22Cl10O10S2.C12H10S2/c23-13(33)1-3(15(25)35)7(19(29)39)11(8(20(30)40)4(1)16(26)36)43-44-12-9(21(31)41)5(17(27)37)2(14(24)34)6(18(28)38)10(12)22(32)42;1-3-7-11(8-4-1)13-14-12-9-5-2-6-10-12/h;1-10H. The number of hydrogen-bond donors (Lipinski definition) is 0. The van der Waals surface area contributed by atoms with E-state index in [0.717, 1.165) is 0 Å². The molecule has 0 aliphatic carbocycles. The molecule has 0 aliphatic rings. The van der Waals surface area contributed by atoms with E-state index in [-0.39, 0.29) is 21.6 Å². The molecule has 0 saturated carbocycles. The van der Waals surface area contributed by atoms with Crippen molar-refractivity contribution >= 4 is 212 Å². The highest BCUT2D eigenvalue weighted by Crippen LogP contribution is 2.50. The molecule has 0 atom stereocenters. The zero-order valence-corrected chi connectivity index (χ0v) is 38.1. The second kappa shape index (κ2) is 22.6. The van der Waals surface area contributed by atoms with Crippen molar-refractivity contribution in [3.8, 4) is 0 Å². The molecule has 0 unspecified atom stereocenters. The van der Waals surface area contributed by atoms with Gasteiger partial charge in [0.05, 0.1) is 55.6 Å². The van der Waals surface area contributed by atoms with Crippen molar-refractivity contribution in [3.05, 3.63) is 116 Å². The van der Waals surface area contributed by atoms with Crippen molar-refractivity contribution in [1.82, 2.24) is 0 Å². The molecule has 0 N–H and O–H groups in total. The van der Waals surface area contributed by atoms with Crippen molar-refractivity contribution in [3.63, 3.8) is 0 Å². The molecule has 300 valence electrons. The average Bonchev–Trinajstić information content (AvgIpc) is 3.14. The third-order valence-corrected chi connectivity index (χ3v) is 13.6. The molecular formula is C34H10Cl10O10S4. The second-order valence-electron chi connectivity index (χ2n) is 10.1. The van der Waals surface area contributed by atoms with Gasteiger partial charge in [-0.25, -0.2) is 0 Å². The third kappa shape index (κ3) is 12.0. The predicted octanol–water partition coefficient (Wildman–Crippen LogP) is 12.8. The molecule has 4 aromatic rings. The van der Waals surface area contributed by atoms with Crippen LogP contribution in [0.1, 0.15) is 104 Å². The van der Waals surface area contributed by atoms with Gasteiger partial charge < -0.3 is 0 Å². The van der Waals surface area contributed by atoms with Gasteiger partial charge in [0, 0.05) is 19.6 Å². The first-order valence-electron chi connectivity index (χ1n) is 14.4. The highest BCUT2D eigenvalue weighted by atomic mass is 35.5. The van der Waals surface area contributed by atoms with Crippen LogP contribution in [0.2, 0.25) is 0 Å². The molecule has 4 rings (SSSR count). The Bertz CT molecular complexity index is 2170. The number of hydrogen-bond acceptors (Lipinski definition) is 14. The monoisotopic (exact) mass is 1060 g/mol. The van der Waals surface area contributed by atoms with E-state index in [9.17, 15) is 47.9 Å². The zero-order valence-electron chi connectivity index (χ0n) is 27.3. The average molecular weight is 1060 g/mol. The summed E-state index contributed by atoms with van der Waals surface area (Å²) in [6.45, 7) is 0. The van der Waals surface area contributed by atoms with Gasteiger partial charge in [-0.2, -0.15) is 0 Å². The molecule has 4 aromatic carbocycles. The summed E-state index contributed by atoms with van der Waals surface area (Å²) in [7, 11) is 3.71. The summed E-state index contributed by atoms with van der Waals surface area (Å²) in [4.78, 5) is 125. The number of halogens is 10. The molecule has 0 spiro atoms. The van der Waals surface area contributed by atoms with E-state index in [4.69, 9.17) is 116 Å². The molecule has 24 heteroatoms. The fourth-order valence-electron chi connectivity index (χ4n) is 4.68. The fraction of sp³-hybridized carbons (Fsp3) is 0. The Balaban J connectivity index is 0.000000533. The van der Waals surface area contributed by atoms with E-state index in [1.807, 2.05) is 12.1 Å². The minimum Gasteiger partial charge on any atom is -0.276 e. The highest BCUT2D eigenvalue weighted by molar-refractivity contribution is 8.77. The summed E-state index contributed by atoms with van der Waals surface area (Å²) in [6.07, 6.45) is 0. The van der Waals surface area contributed by atoms with Gasteiger partial charge in [0.25, 0.3) is 52.4 Å². The first-order valence-corrected chi connectivity index (χ1v) is 22.5. The molecule has 0 fully saturated rings. The van der Waals surface area contributed by atoms with Crippen LogP contribution in [0.25, 0.3) is 0 Å². The van der Waals surface area contributed by atoms with Gasteiger partial charge in [0.1, 0.15) is 0 Å². The van der Waals surface area contributed by atoms with Crippen molar-refractivity contribution < 1.29 is 47.9 Å². The van der Waals surface area contributed by atoms with Crippen LogP contribution in [-0.4, -0.2) is 52.4 Å². The fourth-order valence-corrected chi connectivity index (χ4v) is 11.5. The summed E-state index contributed by atoms with van der Waals surface area (Å²) in [5.74, 6) is 0. The number of carbonyl (C=O) groups is 10. The van der Waals surface area contributed by atoms with E-state index in [0.29, 0.717) is 0 Å². The van der Waals surface area contributed by atoms with E-state index in [1.54, 1.807) is 21.6 Å². The summed E-state index contributed by atoms with van der Waals surface area (Å²) in [5.41, 5.74) is -11.0. The topological polar surface area (TPSA) is 171 Å². The molecule has 0 radical (unpaired) electrons. The minimum absolute atomic E-state index is 0.0668. The zero-order chi connectivity index (χ0) is 43.8. The van der Waals surface area contributed by atoms with Crippen LogP contribution in [0.3, 0.4) is 0 Å². The van der Waals surface area contributed by atoms with Crippen LogP contribution in [0.4, 0.5) is 0 Å². The van der Waals surface area contributed by atoms with Crippen molar-refractivity contribution in [1.29, 1.82) is 0 Å². The molecule has 58 heavy (non-hydrogen) atoms. The lowest BCUT2D eigenvalue weighted by atomic mass is 9.93. The van der Waals surface area contributed by atoms with E-state index < -0.39 is 118 Å². The first-order chi connectivity index (χ1) is 27.1. The van der Waals surface area contributed by atoms with Crippen LogP contribution in [0, 0.1) is 0 Å². The molecule has 0 aliphatic heterocycles. The second-order valence-corrected chi connectivity index (χ2v) is 18.0. The minimum atomic E-state index is -1.62. The maximum atomic E-state index is 12.6. The first kappa shape index (κ1) is 50.2. The van der Waals surface area contributed by atoms with Gasteiger partial charge >= 0.3 is 0 Å². The smallest absolute Gasteiger partial charge is 0.254 e.